The molecule has 1 amide bonds. The van der Waals surface area contributed by atoms with E-state index in [1.54, 1.807) is 26.4 Å². The molecule has 4 heteroatoms. The van der Waals surface area contributed by atoms with Gasteiger partial charge in [-0.2, -0.15) is 0 Å². The van der Waals surface area contributed by atoms with E-state index in [-0.39, 0.29) is 5.91 Å². The van der Waals surface area contributed by atoms with Gasteiger partial charge in [-0.1, -0.05) is 6.92 Å². The van der Waals surface area contributed by atoms with E-state index in [0.717, 1.165) is 6.42 Å². The molecule has 0 spiro atoms. The Bertz CT molecular complexity index is 309. The van der Waals surface area contributed by atoms with Gasteiger partial charge in [-0.25, -0.2) is 9.97 Å². The molecule has 0 fully saturated rings. The second kappa shape index (κ2) is 3.98. The summed E-state index contributed by atoms with van der Waals surface area (Å²) >= 11 is 0. The van der Waals surface area contributed by atoms with Crippen LogP contribution in [0.15, 0.2) is 12.3 Å². The summed E-state index contributed by atoms with van der Waals surface area (Å²) in [6.07, 6.45) is 2.36. The number of carbonyl (C=O) groups excluding carboxylic acids is 1. The maximum absolute atomic E-state index is 11.4. The standard InChI is InChI=1S/C9H13N3O/c1-4-8-10-6-5-7(11-8)9(13)12(2)3/h5-6H,4H2,1-3H3. The van der Waals surface area contributed by atoms with Crippen molar-refractivity contribution in [1.82, 2.24) is 14.9 Å². The molecular formula is C9H13N3O. The third-order valence-electron chi connectivity index (χ3n) is 1.65. The van der Waals surface area contributed by atoms with Crippen LogP contribution in [0.2, 0.25) is 0 Å². The highest BCUT2D eigenvalue weighted by molar-refractivity contribution is 5.91. The SMILES string of the molecule is CCc1nccc(C(=O)N(C)C)n1. The molecule has 0 saturated heterocycles. The first-order valence-corrected chi connectivity index (χ1v) is 4.18. The average Bonchev–Trinajstić information content (AvgIpc) is 2.16. The van der Waals surface area contributed by atoms with E-state index in [1.807, 2.05) is 6.92 Å². The van der Waals surface area contributed by atoms with Gasteiger partial charge in [-0.3, -0.25) is 4.79 Å². The Kier molecular flexibility index (Phi) is 2.95. The van der Waals surface area contributed by atoms with E-state index in [4.69, 9.17) is 0 Å². The van der Waals surface area contributed by atoms with Gasteiger partial charge in [0.05, 0.1) is 0 Å². The molecule has 0 aromatic carbocycles. The van der Waals surface area contributed by atoms with E-state index in [0.29, 0.717) is 11.5 Å². The molecule has 4 nitrogen and oxygen atoms in total. The Hall–Kier alpha value is -1.45. The van der Waals surface area contributed by atoms with E-state index in [1.165, 1.54) is 4.90 Å². The second-order valence-electron chi connectivity index (χ2n) is 2.91. The zero-order chi connectivity index (χ0) is 9.84. The van der Waals surface area contributed by atoms with Gasteiger partial charge in [0.2, 0.25) is 0 Å². The van der Waals surface area contributed by atoms with E-state index < -0.39 is 0 Å². The Balaban J connectivity index is 2.95. The molecule has 1 aromatic heterocycles. The predicted molar refractivity (Wildman–Crippen MR) is 49.4 cm³/mol. The van der Waals surface area contributed by atoms with Gasteiger partial charge in [0.1, 0.15) is 11.5 Å². The first-order chi connectivity index (χ1) is 6.15. The van der Waals surface area contributed by atoms with Crippen LogP contribution in [0.25, 0.3) is 0 Å². The summed E-state index contributed by atoms with van der Waals surface area (Å²) in [6, 6.07) is 1.63. The summed E-state index contributed by atoms with van der Waals surface area (Å²) in [5, 5.41) is 0. The fourth-order valence-electron chi connectivity index (χ4n) is 0.918. The van der Waals surface area contributed by atoms with Gasteiger partial charge in [0.25, 0.3) is 5.91 Å². The van der Waals surface area contributed by atoms with Crippen molar-refractivity contribution in [1.29, 1.82) is 0 Å². The van der Waals surface area contributed by atoms with Gasteiger partial charge in [0, 0.05) is 26.7 Å². The van der Waals surface area contributed by atoms with Crippen molar-refractivity contribution < 1.29 is 4.79 Å². The van der Waals surface area contributed by atoms with Crippen LogP contribution in [0.1, 0.15) is 23.2 Å². The highest BCUT2D eigenvalue weighted by Crippen LogP contribution is 1.99. The summed E-state index contributed by atoms with van der Waals surface area (Å²) in [7, 11) is 3.41. The Morgan fingerprint density at radius 2 is 2.23 bits per heavy atom. The highest BCUT2D eigenvalue weighted by atomic mass is 16.2. The van der Waals surface area contributed by atoms with Crippen LogP contribution in [-0.2, 0) is 6.42 Å². The molecule has 0 saturated carbocycles. The molecule has 0 unspecified atom stereocenters. The number of rotatable bonds is 2. The molecular weight excluding hydrogens is 166 g/mol. The van der Waals surface area contributed by atoms with Crippen molar-refractivity contribution in [2.24, 2.45) is 0 Å². The van der Waals surface area contributed by atoms with Crippen molar-refractivity contribution >= 4 is 5.91 Å². The van der Waals surface area contributed by atoms with Gasteiger partial charge in [-0.05, 0) is 6.07 Å². The first kappa shape index (κ1) is 9.64. The van der Waals surface area contributed by atoms with Crippen molar-refractivity contribution in [2.45, 2.75) is 13.3 Å². The third kappa shape index (κ3) is 2.24. The van der Waals surface area contributed by atoms with Gasteiger partial charge in [-0.15, -0.1) is 0 Å². The molecule has 0 aliphatic heterocycles. The fraction of sp³-hybridized carbons (Fsp3) is 0.444. The van der Waals surface area contributed by atoms with Crippen molar-refractivity contribution in [2.75, 3.05) is 14.1 Å². The molecule has 1 aromatic rings. The number of amides is 1. The molecule has 0 aliphatic carbocycles. The van der Waals surface area contributed by atoms with Crippen LogP contribution in [-0.4, -0.2) is 34.9 Å². The van der Waals surface area contributed by atoms with E-state index in [9.17, 15) is 4.79 Å². The number of hydrogen-bond donors (Lipinski definition) is 0. The first-order valence-electron chi connectivity index (χ1n) is 4.18. The van der Waals surface area contributed by atoms with Crippen LogP contribution in [0.3, 0.4) is 0 Å². The minimum atomic E-state index is -0.0860. The quantitative estimate of drug-likeness (QED) is 0.672. The molecule has 0 atom stereocenters. The number of aromatic nitrogens is 2. The number of nitrogens with zero attached hydrogens (tertiary/aromatic N) is 3. The minimum Gasteiger partial charge on any atom is -0.343 e. The summed E-state index contributed by atoms with van der Waals surface area (Å²) < 4.78 is 0. The third-order valence-corrected chi connectivity index (χ3v) is 1.65. The summed E-state index contributed by atoms with van der Waals surface area (Å²) in [5.41, 5.74) is 0.455. The van der Waals surface area contributed by atoms with Crippen LogP contribution in [0.5, 0.6) is 0 Å². The fourth-order valence-corrected chi connectivity index (χ4v) is 0.918. The zero-order valence-electron chi connectivity index (χ0n) is 8.11. The van der Waals surface area contributed by atoms with Gasteiger partial charge in [0.15, 0.2) is 0 Å². The molecule has 13 heavy (non-hydrogen) atoms. The summed E-state index contributed by atoms with van der Waals surface area (Å²) in [4.78, 5) is 21.1. The highest BCUT2D eigenvalue weighted by Gasteiger charge is 2.09. The lowest BCUT2D eigenvalue weighted by atomic mass is 10.3. The second-order valence-corrected chi connectivity index (χ2v) is 2.91. The number of hydrogen-bond acceptors (Lipinski definition) is 3. The molecule has 0 aliphatic rings. The van der Waals surface area contributed by atoms with Gasteiger partial charge < -0.3 is 4.90 Å². The van der Waals surface area contributed by atoms with E-state index in [2.05, 4.69) is 9.97 Å². The van der Waals surface area contributed by atoms with Crippen LogP contribution >= 0.6 is 0 Å². The zero-order valence-corrected chi connectivity index (χ0v) is 8.11. The lowest BCUT2D eigenvalue weighted by Crippen LogP contribution is -2.23. The van der Waals surface area contributed by atoms with E-state index >= 15 is 0 Å². The molecule has 0 bridgehead atoms. The Morgan fingerprint density at radius 3 is 2.77 bits per heavy atom. The lowest BCUT2D eigenvalue weighted by molar-refractivity contribution is 0.0821. The van der Waals surface area contributed by atoms with Crippen molar-refractivity contribution in [3.05, 3.63) is 23.8 Å². The Labute approximate surface area is 77.6 Å². The largest absolute Gasteiger partial charge is 0.343 e. The summed E-state index contributed by atoms with van der Waals surface area (Å²) in [5.74, 6) is 0.616. The number of carbonyl (C=O) groups is 1. The Morgan fingerprint density at radius 1 is 1.54 bits per heavy atom. The molecule has 1 rings (SSSR count). The van der Waals surface area contributed by atoms with Crippen molar-refractivity contribution in [3.63, 3.8) is 0 Å². The van der Waals surface area contributed by atoms with Crippen LogP contribution in [0.4, 0.5) is 0 Å². The van der Waals surface area contributed by atoms with Crippen LogP contribution < -0.4 is 0 Å². The molecule has 1 heterocycles. The predicted octanol–water partition coefficient (Wildman–Crippen LogP) is 0.741. The topological polar surface area (TPSA) is 46.1 Å². The smallest absolute Gasteiger partial charge is 0.272 e. The monoisotopic (exact) mass is 179 g/mol. The lowest BCUT2D eigenvalue weighted by Gasteiger charge is -2.09. The molecule has 0 radical (unpaired) electrons. The van der Waals surface area contributed by atoms with Gasteiger partial charge >= 0.3 is 0 Å². The normalized spacial score (nSPS) is 9.77. The van der Waals surface area contributed by atoms with Crippen LogP contribution in [0, 0.1) is 0 Å². The maximum atomic E-state index is 11.4. The molecule has 70 valence electrons. The number of aryl methyl sites for hydroxylation is 1. The van der Waals surface area contributed by atoms with Crippen molar-refractivity contribution in [3.8, 4) is 0 Å². The minimum absolute atomic E-state index is 0.0860. The maximum Gasteiger partial charge on any atom is 0.272 e. The summed E-state index contributed by atoms with van der Waals surface area (Å²) in [6.45, 7) is 1.96. The average molecular weight is 179 g/mol. The molecule has 0 N–H and O–H groups in total.